The van der Waals surface area contributed by atoms with Crippen molar-refractivity contribution in [2.75, 3.05) is 12.3 Å². The molecule has 1 aromatic heterocycles. The zero-order chi connectivity index (χ0) is 14.4. The number of nitrogens with one attached hydrogen (secondary N) is 1. The van der Waals surface area contributed by atoms with E-state index in [1.807, 2.05) is 31.2 Å². The number of imidazole rings is 1. The number of rotatable bonds is 7. The number of nitrogens with zero attached hydrogens (tertiary/aromatic N) is 2. The summed E-state index contributed by atoms with van der Waals surface area (Å²) in [4.78, 5) is 5.71. The molecule has 108 valence electrons. The van der Waals surface area contributed by atoms with E-state index in [0.717, 1.165) is 29.0 Å². The Hall–Kier alpha value is -0.780. The number of aromatic nitrogens is 2. The van der Waals surface area contributed by atoms with Gasteiger partial charge < -0.3 is 9.88 Å². The van der Waals surface area contributed by atoms with Gasteiger partial charge >= 0.3 is 0 Å². The maximum absolute atomic E-state index is 4.41. The van der Waals surface area contributed by atoms with Crippen LogP contribution >= 0.6 is 27.7 Å². The summed E-state index contributed by atoms with van der Waals surface area (Å²) in [5, 5.41) is 3.55. The van der Waals surface area contributed by atoms with Crippen molar-refractivity contribution >= 4 is 27.7 Å². The predicted molar refractivity (Wildman–Crippen MR) is 89.2 cm³/mol. The zero-order valence-electron chi connectivity index (χ0n) is 11.8. The Kier molecular flexibility index (Phi) is 6.13. The summed E-state index contributed by atoms with van der Waals surface area (Å²) in [5.74, 6) is 2.17. The third kappa shape index (κ3) is 4.65. The first-order valence-corrected chi connectivity index (χ1v) is 8.55. The average molecular weight is 354 g/mol. The van der Waals surface area contributed by atoms with Crippen LogP contribution in [0.3, 0.4) is 0 Å². The Balaban J connectivity index is 1.94. The molecule has 0 saturated heterocycles. The van der Waals surface area contributed by atoms with E-state index in [9.17, 15) is 0 Å². The fraction of sp³-hybridized carbons (Fsp3) is 0.400. The van der Waals surface area contributed by atoms with Crippen LogP contribution in [0, 0.1) is 0 Å². The second-order valence-electron chi connectivity index (χ2n) is 4.68. The lowest BCUT2D eigenvalue weighted by Crippen LogP contribution is -2.34. The maximum Gasteiger partial charge on any atom is 0.109 e. The summed E-state index contributed by atoms with van der Waals surface area (Å²) in [6.07, 6.45) is 4.82. The van der Waals surface area contributed by atoms with Crippen LogP contribution < -0.4 is 5.32 Å². The molecule has 0 spiro atoms. The van der Waals surface area contributed by atoms with E-state index in [1.54, 1.807) is 0 Å². The third-order valence-electron chi connectivity index (χ3n) is 3.09. The Bertz CT molecular complexity index is 541. The second kappa shape index (κ2) is 7.86. The summed E-state index contributed by atoms with van der Waals surface area (Å²) in [7, 11) is 2.05. The van der Waals surface area contributed by atoms with Crippen LogP contribution in [0.5, 0.6) is 0 Å². The first-order valence-electron chi connectivity index (χ1n) is 6.77. The van der Waals surface area contributed by atoms with Crippen LogP contribution in [0.4, 0.5) is 0 Å². The molecule has 20 heavy (non-hydrogen) atoms. The fourth-order valence-corrected chi connectivity index (χ4v) is 3.61. The standard InChI is InChI=1S/C15H20BrN3S/c1-3-17-13(10-15-18-7-8-19(15)2)11-20-14-6-4-5-12(16)9-14/h4-9,13,17H,3,10-11H2,1-2H3. The molecule has 1 N–H and O–H groups in total. The highest BCUT2D eigenvalue weighted by molar-refractivity contribution is 9.10. The van der Waals surface area contributed by atoms with E-state index >= 15 is 0 Å². The monoisotopic (exact) mass is 353 g/mol. The van der Waals surface area contributed by atoms with Crippen LogP contribution in [0.15, 0.2) is 46.0 Å². The number of hydrogen-bond donors (Lipinski definition) is 1. The van der Waals surface area contributed by atoms with Crippen LogP contribution in [0.1, 0.15) is 12.7 Å². The summed E-state index contributed by atoms with van der Waals surface area (Å²) >= 11 is 5.40. The molecule has 0 amide bonds. The molecule has 0 fully saturated rings. The lowest BCUT2D eigenvalue weighted by molar-refractivity contribution is 0.550. The topological polar surface area (TPSA) is 29.9 Å². The number of thioether (sulfide) groups is 1. The smallest absolute Gasteiger partial charge is 0.109 e. The summed E-state index contributed by atoms with van der Waals surface area (Å²) in [5.41, 5.74) is 0. The van der Waals surface area contributed by atoms with Crippen molar-refractivity contribution in [3.05, 3.63) is 47.0 Å². The molecule has 0 saturated carbocycles. The van der Waals surface area contributed by atoms with Gasteiger partial charge in [-0.1, -0.05) is 28.9 Å². The van der Waals surface area contributed by atoms with E-state index in [1.165, 1.54) is 4.90 Å². The minimum atomic E-state index is 0.435. The number of hydrogen-bond acceptors (Lipinski definition) is 3. The van der Waals surface area contributed by atoms with Gasteiger partial charge in [-0.2, -0.15) is 0 Å². The van der Waals surface area contributed by atoms with Crippen molar-refractivity contribution in [2.45, 2.75) is 24.3 Å². The minimum absolute atomic E-state index is 0.435. The minimum Gasteiger partial charge on any atom is -0.338 e. The predicted octanol–water partition coefficient (Wildman–Crippen LogP) is 3.50. The van der Waals surface area contributed by atoms with Crippen LogP contribution in [0.25, 0.3) is 0 Å². The van der Waals surface area contributed by atoms with E-state index in [0.29, 0.717) is 6.04 Å². The molecule has 0 radical (unpaired) electrons. The molecule has 5 heteroatoms. The molecule has 2 aromatic rings. The number of benzene rings is 1. The molecule has 1 aromatic carbocycles. The largest absolute Gasteiger partial charge is 0.338 e. The quantitative estimate of drug-likeness (QED) is 0.772. The Morgan fingerprint density at radius 1 is 1.45 bits per heavy atom. The van der Waals surface area contributed by atoms with E-state index in [2.05, 4.69) is 62.0 Å². The fourth-order valence-electron chi connectivity index (χ4n) is 2.05. The highest BCUT2D eigenvalue weighted by atomic mass is 79.9. The first kappa shape index (κ1) is 15.6. The van der Waals surface area contributed by atoms with Crippen LogP contribution in [-0.4, -0.2) is 27.9 Å². The van der Waals surface area contributed by atoms with Gasteiger partial charge in [-0.15, -0.1) is 11.8 Å². The molecular formula is C15H20BrN3S. The lowest BCUT2D eigenvalue weighted by Gasteiger charge is -2.17. The van der Waals surface area contributed by atoms with E-state index < -0.39 is 0 Å². The Morgan fingerprint density at radius 3 is 2.95 bits per heavy atom. The lowest BCUT2D eigenvalue weighted by atomic mass is 10.2. The molecule has 2 rings (SSSR count). The number of halogens is 1. The highest BCUT2D eigenvalue weighted by Gasteiger charge is 2.12. The van der Waals surface area contributed by atoms with Crippen LogP contribution in [-0.2, 0) is 13.5 Å². The van der Waals surface area contributed by atoms with Gasteiger partial charge in [-0.3, -0.25) is 0 Å². The van der Waals surface area contributed by atoms with Gasteiger partial charge in [0.1, 0.15) is 5.82 Å². The normalized spacial score (nSPS) is 12.6. The Morgan fingerprint density at radius 2 is 2.30 bits per heavy atom. The molecule has 1 atom stereocenters. The van der Waals surface area contributed by atoms with Crippen molar-refractivity contribution < 1.29 is 0 Å². The second-order valence-corrected chi connectivity index (χ2v) is 6.69. The molecule has 0 aliphatic rings. The maximum atomic E-state index is 4.41. The molecule has 3 nitrogen and oxygen atoms in total. The molecule has 0 aliphatic carbocycles. The third-order valence-corrected chi connectivity index (χ3v) is 4.74. The van der Waals surface area contributed by atoms with Crippen molar-refractivity contribution in [3.63, 3.8) is 0 Å². The van der Waals surface area contributed by atoms with Gasteiger partial charge in [0.05, 0.1) is 0 Å². The highest BCUT2D eigenvalue weighted by Crippen LogP contribution is 2.23. The molecule has 0 aliphatic heterocycles. The SMILES string of the molecule is CCNC(CSc1cccc(Br)c1)Cc1nccn1C. The van der Waals surface area contributed by atoms with Gasteiger partial charge in [0.15, 0.2) is 0 Å². The van der Waals surface area contributed by atoms with Gasteiger partial charge in [-0.25, -0.2) is 4.98 Å². The summed E-state index contributed by atoms with van der Waals surface area (Å²) in [6, 6.07) is 8.88. The number of likely N-dealkylation sites (N-methyl/N-ethyl adjacent to an activating group) is 1. The molecule has 0 bridgehead atoms. The van der Waals surface area contributed by atoms with E-state index in [4.69, 9.17) is 0 Å². The van der Waals surface area contributed by atoms with Gasteiger partial charge in [-0.05, 0) is 24.7 Å². The van der Waals surface area contributed by atoms with Gasteiger partial charge in [0.2, 0.25) is 0 Å². The van der Waals surface area contributed by atoms with E-state index in [-0.39, 0.29) is 0 Å². The average Bonchev–Trinajstić information content (AvgIpc) is 2.82. The summed E-state index contributed by atoms with van der Waals surface area (Å²) in [6.45, 7) is 3.13. The zero-order valence-corrected chi connectivity index (χ0v) is 14.2. The first-order chi connectivity index (χ1) is 9.69. The van der Waals surface area contributed by atoms with Crippen LogP contribution in [0.2, 0.25) is 0 Å². The Labute approximate surface area is 133 Å². The molecule has 1 unspecified atom stereocenters. The van der Waals surface area contributed by atoms with Crippen molar-refractivity contribution in [1.82, 2.24) is 14.9 Å². The summed E-state index contributed by atoms with van der Waals surface area (Å²) < 4.78 is 3.22. The molecular weight excluding hydrogens is 334 g/mol. The number of aryl methyl sites for hydroxylation is 1. The molecule has 1 heterocycles. The van der Waals surface area contributed by atoms with Crippen molar-refractivity contribution in [3.8, 4) is 0 Å². The van der Waals surface area contributed by atoms with Crippen molar-refractivity contribution in [1.29, 1.82) is 0 Å². The van der Waals surface area contributed by atoms with Crippen molar-refractivity contribution in [2.24, 2.45) is 7.05 Å². The van der Waals surface area contributed by atoms with Gasteiger partial charge in [0.25, 0.3) is 0 Å². The van der Waals surface area contributed by atoms with Gasteiger partial charge in [0, 0.05) is 47.0 Å².